The lowest BCUT2D eigenvalue weighted by Crippen LogP contribution is -2.50. The zero-order chi connectivity index (χ0) is 15.4. The summed E-state index contributed by atoms with van der Waals surface area (Å²) < 4.78 is 32.6. The highest BCUT2D eigenvalue weighted by Gasteiger charge is 2.52. The molecule has 0 saturated carbocycles. The molecule has 0 aromatic carbocycles. The van der Waals surface area contributed by atoms with Gasteiger partial charge in [0.25, 0.3) is 0 Å². The van der Waals surface area contributed by atoms with Gasteiger partial charge in [0.15, 0.2) is 5.70 Å². The standard InChI is InChI=1S/C16H21BF2N2/c1-11(2)5-6-14-7-8-15-10-16-12(3)9-13(4)20(16)17(18,19)21(14)15/h7-11H,5-6H2,1-4H3. The molecule has 0 saturated heterocycles. The van der Waals surface area contributed by atoms with Crippen molar-refractivity contribution in [2.75, 3.05) is 0 Å². The van der Waals surface area contributed by atoms with Gasteiger partial charge in [-0.3, -0.25) is 0 Å². The van der Waals surface area contributed by atoms with Crippen molar-refractivity contribution in [2.24, 2.45) is 5.92 Å². The van der Waals surface area contributed by atoms with E-state index in [1.54, 1.807) is 6.92 Å². The largest absolute Gasteiger partial charge is 0.737 e. The molecule has 0 spiro atoms. The van der Waals surface area contributed by atoms with Gasteiger partial charge < -0.3 is 17.6 Å². The minimum Gasteiger partial charge on any atom is -0.394 e. The van der Waals surface area contributed by atoms with Crippen LogP contribution in [-0.4, -0.2) is 21.6 Å². The first-order valence-corrected chi connectivity index (χ1v) is 7.58. The van der Waals surface area contributed by atoms with Crippen LogP contribution in [0.2, 0.25) is 0 Å². The van der Waals surface area contributed by atoms with Crippen LogP contribution >= 0.6 is 0 Å². The Morgan fingerprint density at radius 2 is 1.95 bits per heavy atom. The summed E-state index contributed by atoms with van der Waals surface area (Å²) >= 11 is 0. The van der Waals surface area contributed by atoms with Crippen molar-refractivity contribution in [3.8, 4) is 0 Å². The van der Waals surface area contributed by atoms with E-state index in [0.717, 1.165) is 17.7 Å². The summed E-state index contributed by atoms with van der Waals surface area (Å²) in [6, 6.07) is 1.84. The van der Waals surface area contributed by atoms with Crippen LogP contribution in [0.5, 0.6) is 0 Å². The Bertz CT molecular complexity index is 693. The predicted octanol–water partition coefficient (Wildman–Crippen LogP) is 4.14. The molecule has 2 aliphatic heterocycles. The number of rotatable bonds is 3. The van der Waals surface area contributed by atoms with Crippen molar-refractivity contribution >= 4 is 18.8 Å². The van der Waals surface area contributed by atoms with E-state index in [2.05, 4.69) is 13.8 Å². The molecule has 2 nitrogen and oxygen atoms in total. The van der Waals surface area contributed by atoms with Crippen LogP contribution in [0.15, 0.2) is 23.9 Å². The molecule has 5 heteroatoms. The van der Waals surface area contributed by atoms with E-state index in [1.807, 2.05) is 31.2 Å². The van der Waals surface area contributed by atoms with E-state index in [-0.39, 0.29) is 0 Å². The minimum absolute atomic E-state index is 0.510. The maximum atomic E-state index is 15.1. The van der Waals surface area contributed by atoms with Crippen LogP contribution < -0.4 is 0 Å². The van der Waals surface area contributed by atoms with Crippen molar-refractivity contribution in [3.63, 3.8) is 0 Å². The summed E-state index contributed by atoms with van der Waals surface area (Å²) in [6.45, 7) is 4.09. The summed E-state index contributed by atoms with van der Waals surface area (Å²) in [4.78, 5) is 0. The molecule has 0 N–H and O–H groups in total. The maximum absolute atomic E-state index is 15.1. The first kappa shape index (κ1) is 14.3. The highest BCUT2D eigenvalue weighted by Crippen LogP contribution is 2.34. The van der Waals surface area contributed by atoms with Crippen LogP contribution in [0, 0.1) is 19.8 Å². The second kappa shape index (κ2) is 4.68. The molecule has 0 bridgehead atoms. The van der Waals surface area contributed by atoms with Gasteiger partial charge in [0.05, 0.1) is 0 Å². The van der Waals surface area contributed by atoms with Gasteiger partial charge >= 0.3 is 6.97 Å². The SMILES string of the molecule is Cc1cc(C)n2c1C=C1C=CC(CCC(C)C)=[N+]1[B-]2(F)F. The first-order chi connectivity index (χ1) is 9.82. The average molecular weight is 290 g/mol. The van der Waals surface area contributed by atoms with Crippen LogP contribution in [-0.2, 0) is 0 Å². The van der Waals surface area contributed by atoms with Crippen molar-refractivity contribution in [3.05, 3.63) is 40.9 Å². The van der Waals surface area contributed by atoms with Gasteiger partial charge in [-0.15, -0.1) is 0 Å². The van der Waals surface area contributed by atoms with Crippen LogP contribution in [0.1, 0.15) is 43.6 Å². The number of allylic oxidation sites excluding steroid dienone is 2. The molecule has 1 aromatic heterocycles. The molecule has 0 radical (unpaired) electrons. The van der Waals surface area contributed by atoms with Gasteiger partial charge in [-0.2, -0.15) is 0 Å². The van der Waals surface area contributed by atoms with Crippen molar-refractivity contribution in [1.82, 2.24) is 4.48 Å². The van der Waals surface area contributed by atoms with Crippen molar-refractivity contribution < 1.29 is 13.1 Å². The second-order valence-electron chi connectivity index (χ2n) is 6.51. The smallest absolute Gasteiger partial charge is 0.394 e. The highest BCUT2D eigenvalue weighted by molar-refractivity contribution is 6.58. The zero-order valence-electron chi connectivity index (χ0n) is 13.0. The molecule has 0 unspecified atom stereocenters. The number of fused-ring (bicyclic) bond motifs is 2. The number of hydrogen-bond acceptors (Lipinski definition) is 0. The lowest BCUT2D eigenvalue weighted by atomic mass is 9.90. The second-order valence-corrected chi connectivity index (χ2v) is 6.51. The Balaban J connectivity index is 2.12. The minimum atomic E-state index is -3.79. The summed E-state index contributed by atoms with van der Waals surface area (Å²) in [5.74, 6) is 0.510. The van der Waals surface area contributed by atoms with Gasteiger partial charge in [0, 0.05) is 30.3 Å². The van der Waals surface area contributed by atoms with Crippen molar-refractivity contribution in [2.45, 2.75) is 40.5 Å². The predicted molar refractivity (Wildman–Crippen MR) is 83.7 cm³/mol. The van der Waals surface area contributed by atoms with E-state index in [4.69, 9.17) is 0 Å². The third-order valence-electron chi connectivity index (χ3n) is 4.39. The van der Waals surface area contributed by atoms with Gasteiger partial charge in [-0.05, 0) is 43.5 Å². The lowest BCUT2D eigenvalue weighted by molar-refractivity contribution is -0.362. The zero-order valence-corrected chi connectivity index (χ0v) is 13.0. The fourth-order valence-electron chi connectivity index (χ4n) is 3.33. The summed E-state index contributed by atoms with van der Waals surface area (Å²) in [5, 5.41) is 0. The molecule has 0 atom stereocenters. The summed E-state index contributed by atoms with van der Waals surface area (Å²) in [5.41, 5.74) is 3.52. The number of nitrogens with zero attached hydrogens (tertiary/aromatic N) is 2. The monoisotopic (exact) mass is 290 g/mol. The number of hydrogen-bond donors (Lipinski definition) is 0. The summed E-state index contributed by atoms with van der Waals surface area (Å²) in [7, 11) is 0. The third-order valence-corrected chi connectivity index (χ3v) is 4.39. The molecular weight excluding hydrogens is 269 g/mol. The van der Waals surface area contributed by atoms with Crippen molar-refractivity contribution in [1.29, 1.82) is 0 Å². The highest BCUT2D eigenvalue weighted by atomic mass is 19.2. The Hall–Kier alpha value is -1.65. The van der Waals surface area contributed by atoms with E-state index in [0.29, 0.717) is 29.4 Å². The molecule has 0 aliphatic carbocycles. The number of halogens is 2. The van der Waals surface area contributed by atoms with E-state index >= 15 is 8.63 Å². The molecule has 3 rings (SSSR count). The van der Waals surface area contributed by atoms with E-state index in [1.165, 1.54) is 8.96 Å². The lowest BCUT2D eigenvalue weighted by Gasteiger charge is -2.30. The first-order valence-electron chi connectivity index (χ1n) is 7.58. The molecule has 0 fully saturated rings. The molecular formula is C16H21BF2N2. The average Bonchev–Trinajstić information content (AvgIpc) is 2.90. The van der Waals surface area contributed by atoms with E-state index in [9.17, 15) is 0 Å². The summed E-state index contributed by atoms with van der Waals surface area (Å²) in [6.07, 6.45) is 7.15. The molecule has 0 amide bonds. The molecule has 21 heavy (non-hydrogen) atoms. The Morgan fingerprint density at radius 3 is 2.62 bits per heavy atom. The number of aryl methyl sites for hydroxylation is 2. The van der Waals surface area contributed by atoms with Gasteiger partial charge in [-0.1, -0.05) is 13.8 Å². The fraction of sp³-hybridized carbons (Fsp3) is 0.438. The Morgan fingerprint density at radius 1 is 1.24 bits per heavy atom. The van der Waals surface area contributed by atoms with Crippen LogP contribution in [0.3, 0.4) is 0 Å². The Labute approximate surface area is 124 Å². The molecule has 112 valence electrons. The van der Waals surface area contributed by atoms with Crippen LogP contribution in [0.25, 0.3) is 6.08 Å². The van der Waals surface area contributed by atoms with E-state index < -0.39 is 6.97 Å². The van der Waals surface area contributed by atoms with Gasteiger partial charge in [0.2, 0.25) is 0 Å². The maximum Gasteiger partial charge on any atom is 0.737 e. The normalized spacial score (nSPS) is 19.1. The molecule has 2 aliphatic rings. The third kappa shape index (κ3) is 2.10. The fourth-order valence-corrected chi connectivity index (χ4v) is 3.33. The molecule has 1 aromatic rings. The Kier molecular flexibility index (Phi) is 3.19. The molecule has 3 heterocycles. The van der Waals surface area contributed by atoms with Gasteiger partial charge in [0.1, 0.15) is 5.71 Å². The topological polar surface area (TPSA) is 7.94 Å². The van der Waals surface area contributed by atoms with Gasteiger partial charge in [-0.25, -0.2) is 0 Å². The van der Waals surface area contributed by atoms with Crippen LogP contribution in [0.4, 0.5) is 8.63 Å². The quantitative estimate of drug-likeness (QED) is 0.739. The number of aromatic nitrogens is 1.